The summed E-state index contributed by atoms with van der Waals surface area (Å²) in [6, 6.07) is 16.6. The Morgan fingerprint density at radius 1 is 1.04 bits per heavy atom. The molecule has 0 saturated carbocycles. The minimum Gasteiger partial charge on any atom is -0.494 e. The molecule has 2 rings (SSSR count). The molecule has 0 aromatic heterocycles. The fourth-order valence-electron chi connectivity index (χ4n) is 2.47. The first-order chi connectivity index (χ1) is 11.5. The molecule has 0 aliphatic rings. The Kier molecular flexibility index (Phi) is 7.32. The second-order valence-corrected chi connectivity index (χ2v) is 7.65. The molecule has 3 heteroatoms. The van der Waals surface area contributed by atoms with Crippen LogP contribution in [0.4, 0.5) is 0 Å². The quantitative estimate of drug-likeness (QED) is 0.479. The zero-order valence-corrected chi connectivity index (χ0v) is 16.4. The van der Waals surface area contributed by atoms with Crippen molar-refractivity contribution in [3.05, 3.63) is 64.1 Å². The smallest absolute Gasteiger partial charge is 0.119 e. The maximum absolute atomic E-state index is 5.95. The number of hydrogen-bond donors (Lipinski definition) is 0. The van der Waals surface area contributed by atoms with Crippen molar-refractivity contribution in [2.45, 2.75) is 45.6 Å². The number of hydrogen-bond acceptors (Lipinski definition) is 2. The number of unbranched alkanes of at least 4 members (excludes halogenated alkanes) is 1. The largest absolute Gasteiger partial charge is 0.494 e. The zero-order valence-electron chi connectivity index (χ0n) is 14.8. The van der Waals surface area contributed by atoms with Crippen molar-refractivity contribution in [3.8, 4) is 5.75 Å². The second kappa shape index (κ2) is 9.24. The lowest BCUT2D eigenvalue weighted by Gasteiger charge is -2.25. The fourth-order valence-corrected chi connectivity index (χ4v) is 2.92. The van der Waals surface area contributed by atoms with Gasteiger partial charge in [-0.15, -0.1) is 0 Å². The summed E-state index contributed by atoms with van der Waals surface area (Å²) in [5.74, 6) is 0.943. The zero-order chi connectivity index (χ0) is 17.4. The van der Waals surface area contributed by atoms with Crippen molar-refractivity contribution < 1.29 is 9.47 Å². The van der Waals surface area contributed by atoms with Crippen LogP contribution in [0, 0.1) is 0 Å². The van der Waals surface area contributed by atoms with Gasteiger partial charge in [0.15, 0.2) is 0 Å². The molecular formula is C21H27BrO2. The standard InChI is InChI=1S/C21H27BrO2/c1-4-5-13-24-20-11-9-18(10-12-20)21(2,3)16-23-15-17-7-6-8-19(22)14-17/h6-12,14H,4-5,13,15-16H2,1-3H3. The summed E-state index contributed by atoms with van der Waals surface area (Å²) in [5.41, 5.74) is 2.41. The first kappa shape index (κ1) is 19.0. The summed E-state index contributed by atoms with van der Waals surface area (Å²) in [7, 11) is 0. The van der Waals surface area contributed by atoms with E-state index in [1.807, 2.05) is 12.1 Å². The summed E-state index contributed by atoms with van der Waals surface area (Å²) >= 11 is 3.49. The van der Waals surface area contributed by atoms with Crippen LogP contribution in [0.1, 0.15) is 44.7 Å². The summed E-state index contributed by atoms with van der Waals surface area (Å²) < 4.78 is 12.8. The van der Waals surface area contributed by atoms with Gasteiger partial charge in [0.25, 0.3) is 0 Å². The molecule has 0 aliphatic carbocycles. The Morgan fingerprint density at radius 2 is 1.79 bits per heavy atom. The molecule has 0 atom stereocenters. The van der Waals surface area contributed by atoms with Crippen LogP contribution in [0.3, 0.4) is 0 Å². The Labute approximate surface area is 154 Å². The summed E-state index contributed by atoms with van der Waals surface area (Å²) in [5, 5.41) is 0. The van der Waals surface area contributed by atoms with Crippen molar-refractivity contribution >= 4 is 15.9 Å². The van der Waals surface area contributed by atoms with Gasteiger partial charge >= 0.3 is 0 Å². The van der Waals surface area contributed by atoms with Crippen LogP contribution in [-0.2, 0) is 16.8 Å². The Hall–Kier alpha value is -1.32. The molecule has 0 spiro atoms. The molecule has 130 valence electrons. The van der Waals surface area contributed by atoms with E-state index in [-0.39, 0.29) is 5.41 Å². The van der Waals surface area contributed by atoms with Crippen LogP contribution >= 0.6 is 15.9 Å². The maximum Gasteiger partial charge on any atom is 0.119 e. The van der Waals surface area contributed by atoms with Crippen molar-refractivity contribution in [3.63, 3.8) is 0 Å². The van der Waals surface area contributed by atoms with Crippen molar-refractivity contribution in [1.29, 1.82) is 0 Å². The first-order valence-electron chi connectivity index (χ1n) is 8.57. The van der Waals surface area contributed by atoms with E-state index in [4.69, 9.17) is 9.47 Å². The second-order valence-electron chi connectivity index (χ2n) is 6.73. The van der Waals surface area contributed by atoms with Gasteiger partial charge in [-0.1, -0.05) is 67.4 Å². The molecule has 2 aromatic carbocycles. The molecule has 0 heterocycles. The van der Waals surface area contributed by atoms with E-state index < -0.39 is 0 Å². The normalized spacial score (nSPS) is 11.5. The fraction of sp³-hybridized carbons (Fsp3) is 0.429. The van der Waals surface area contributed by atoms with Crippen LogP contribution in [0.15, 0.2) is 53.0 Å². The Bertz CT molecular complexity index is 620. The minimum atomic E-state index is -0.0338. The lowest BCUT2D eigenvalue weighted by atomic mass is 9.85. The molecule has 2 nitrogen and oxygen atoms in total. The van der Waals surface area contributed by atoms with E-state index in [0.29, 0.717) is 13.2 Å². The molecule has 0 fully saturated rings. The van der Waals surface area contributed by atoms with Crippen LogP contribution in [0.2, 0.25) is 0 Å². The average molecular weight is 391 g/mol. The van der Waals surface area contributed by atoms with Crippen LogP contribution in [-0.4, -0.2) is 13.2 Å². The third kappa shape index (κ3) is 5.95. The monoisotopic (exact) mass is 390 g/mol. The highest BCUT2D eigenvalue weighted by atomic mass is 79.9. The number of rotatable bonds is 9. The van der Waals surface area contributed by atoms with Gasteiger partial charge in [0.2, 0.25) is 0 Å². The van der Waals surface area contributed by atoms with E-state index >= 15 is 0 Å². The number of halogens is 1. The highest BCUT2D eigenvalue weighted by molar-refractivity contribution is 9.10. The molecular weight excluding hydrogens is 364 g/mol. The molecule has 24 heavy (non-hydrogen) atoms. The molecule has 0 unspecified atom stereocenters. The van der Waals surface area contributed by atoms with E-state index in [9.17, 15) is 0 Å². The van der Waals surface area contributed by atoms with E-state index in [1.165, 1.54) is 11.1 Å². The third-order valence-corrected chi connectivity index (χ3v) is 4.52. The van der Waals surface area contributed by atoms with E-state index in [2.05, 4.69) is 73.1 Å². The van der Waals surface area contributed by atoms with Gasteiger partial charge < -0.3 is 9.47 Å². The van der Waals surface area contributed by atoms with Crippen molar-refractivity contribution in [1.82, 2.24) is 0 Å². The Morgan fingerprint density at radius 3 is 2.46 bits per heavy atom. The predicted octanol–water partition coefficient (Wildman–Crippen LogP) is 6.12. The minimum absolute atomic E-state index is 0.0338. The van der Waals surface area contributed by atoms with Gasteiger partial charge in [-0.2, -0.15) is 0 Å². The van der Waals surface area contributed by atoms with Gasteiger partial charge in [0.1, 0.15) is 5.75 Å². The van der Waals surface area contributed by atoms with Crippen LogP contribution in [0.5, 0.6) is 5.75 Å². The average Bonchev–Trinajstić information content (AvgIpc) is 2.55. The molecule has 0 aliphatic heterocycles. The predicted molar refractivity (Wildman–Crippen MR) is 104 cm³/mol. The lowest BCUT2D eigenvalue weighted by Crippen LogP contribution is -2.24. The van der Waals surface area contributed by atoms with E-state index in [0.717, 1.165) is 29.7 Å². The third-order valence-electron chi connectivity index (χ3n) is 4.02. The summed E-state index contributed by atoms with van der Waals surface area (Å²) in [6.45, 7) is 8.68. The summed E-state index contributed by atoms with van der Waals surface area (Å²) in [6.07, 6.45) is 2.25. The Balaban J connectivity index is 1.87. The van der Waals surface area contributed by atoms with Gasteiger partial charge in [0, 0.05) is 9.89 Å². The van der Waals surface area contributed by atoms with Crippen molar-refractivity contribution in [2.24, 2.45) is 0 Å². The van der Waals surface area contributed by atoms with Crippen LogP contribution in [0.25, 0.3) is 0 Å². The van der Waals surface area contributed by atoms with Crippen molar-refractivity contribution in [2.75, 3.05) is 13.2 Å². The number of ether oxygens (including phenoxy) is 2. The molecule has 2 aromatic rings. The molecule has 0 radical (unpaired) electrons. The SMILES string of the molecule is CCCCOc1ccc(C(C)(C)COCc2cccc(Br)c2)cc1. The van der Waals surface area contributed by atoms with Gasteiger partial charge in [-0.3, -0.25) is 0 Å². The van der Waals surface area contributed by atoms with Gasteiger partial charge in [-0.25, -0.2) is 0 Å². The first-order valence-corrected chi connectivity index (χ1v) is 9.36. The molecule has 0 amide bonds. The maximum atomic E-state index is 5.95. The van der Waals surface area contributed by atoms with E-state index in [1.54, 1.807) is 0 Å². The highest BCUT2D eigenvalue weighted by Crippen LogP contribution is 2.26. The lowest BCUT2D eigenvalue weighted by molar-refractivity contribution is 0.0824. The summed E-state index contributed by atoms with van der Waals surface area (Å²) in [4.78, 5) is 0. The molecule has 0 N–H and O–H groups in total. The number of benzene rings is 2. The van der Waals surface area contributed by atoms with Crippen LogP contribution < -0.4 is 4.74 Å². The highest BCUT2D eigenvalue weighted by Gasteiger charge is 2.21. The molecule has 0 saturated heterocycles. The van der Waals surface area contributed by atoms with Gasteiger partial charge in [0.05, 0.1) is 19.8 Å². The molecule has 0 bridgehead atoms. The topological polar surface area (TPSA) is 18.5 Å². The van der Waals surface area contributed by atoms with Gasteiger partial charge in [-0.05, 0) is 41.8 Å².